The van der Waals surface area contributed by atoms with Gasteiger partial charge in [-0.3, -0.25) is 0 Å². The Kier molecular flexibility index (Phi) is 4.32. The van der Waals surface area contributed by atoms with Gasteiger partial charge in [-0.2, -0.15) is 0 Å². The molecule has 0 bridgehead atoms. The Bertz CT molecular complexity index is 636. The second kappa shape index (κ2) is 5.97. The van der Waals surface area contributed by atoms with Gasteiger partial charge >= 0.3 is 0 Å². The monoisotopic (exact) mass is 278 g/mol. The lowest BCUT2D eigenvalue weighted by molar-refractivity contribution is 0.586. The van der Waals surface area contributed by atoms with E-state index >= 15 is 0 Å². The predicted octanol–water partition coefficient (Wildman–Crippen LogP) is 2.98. The van der Waals surface area contributed by atoms with Crippen LogP contribution < -0.4 is 0 Å². The third-order valence-corrected chi connectivity index (χ3v) is 4.45. The van der Waals surface area contributed by atoms with Crippen molar-refractivity contribution in [3.05, 3.63) is 71.5 Å². The highest BCUT2D eigenvalue weighted by Crippen LogP contribution is 2.12. The van der Waals surface area contributed by atoms with E-state index in [1.54, 1.807) is 12.1 Å². The molecule has 0 spiro atoms. The molecule has 2 aromatic rings. The summed E-state index contributed by atoms with van der Waals surface area (Å²) in [6.07, 6.45) is 0.456. The van der Waals surface area contributed by atoms with E-state index in [4.69, 9.17) is 0 Å². The summed E-state index contributed by atoms with van der Waals surface area (Å²) in [5.41, 5.74) is 1.20. The molecule has 0 aliphatic rings. The maximum atomic E-state index is 13.4. The van der Waals surface area contributed by atoms with Gasteiger partial charge < -0.3 is 0 Å². The van der Waals surface area contributed by atoms with Gasteiger partial charge in [0.25, 0.3) is 0 Å². The van der Waals surface area contributed by atoms with Crippen LogP contribution in [0, 0.1) is 5.82 Å². The average Bonchev–Trinajstić information content (AvgIpc) is 2.40. The molecule has 2 aromatic carbocycles. The topological polar surface area (TPSA) is 34.1 Å². The lowest BCUT2D eigenvalue weighted by Gasteiger charge is -2.05. The van der Waals surface area contributed by atoms with E-state index in [2.05, 4.69) is 0 Å². The molecule has 0 aliphatic heterocycles. The van der Waals surface area contributed by atoms with Gasteiger partial charge in [0.1, 0.15) is 5.82 Å². The van der Waals surface area contributed by atoms with E-state index in [-0.39, 0.29) is 17.1 Å². The zero-order valence-electron chi connectivity index (χ0n) is 10.4. The Morgan fingerprint density at radius 3 is 2.21 bits per heavy atom. The van der Waals surface area contributed by atoms with Crippen LogP contribution in [0.3, 0.4) is 0 Å². The molecule has 0 amide bonds. The van der Waals surface area contributed by atoms with Gasteiger partial charge in [-0.25, -0.2) is 12.8 Å². The third-order valence-electron chi connectivity index (χ3n) is 2.88. The maximum absolute atomic E-state index is 13.4. The van der Waals surface area contributed by atoms with Crippen molar-refractivity contribution in [1.82, 2.24) is 0 Å². The molecule has 2 rings (SSSR count). The fourth-order valence-corrected chi connectivity index (χ4v) is 3.24. The van der Waals surface area contributed by atoms with Gasteiger partial charge in [-0.05, 0) is 18.1 Å². The van der Waals surface area contributed by atoms with Crippen LogP contribution in [0.4, 0.5) is 4.39 Å². The normalized spacial score (nSPS) is 11.4. The van der Waals surface area contributed by atoms with E-state index < -0.39 is 15.7 Å². The van der Waals surface area contributed by atoms with Crippen LogP contribution >= 0.6 is 0 Å². The average molecular weight is 278 g/mol. The standard InChI is InChI=1S/C15H15FO2S/c16-15-9-5-4-8-14(15)12-19(17,18)11-10-13-6-2-1-3-7-13/h1-9H,10-12H2. The molecule has 0 saturated carbocycles. The number of benzene rings is 2. The fraction of sp³-hybridized carbons (Fsp3) is 0.200. The maximum Gasteiger partial charge on any atom is 0.154 e. The van der Waals surface area contributed by atoms with Crippen LogP contribution in [0.1, 0.15) is 11.1 Å². The van der Waals surface area contributed by atoms with Crippen LogP contribution in [0.5, 0.6) is 0 Å². The van der Waals surface area contributed by atoms with Crippen LogP contribution in [-0.4, -0.2) is 14.2 Å². The molecule has 0 aliphatic carbocycles. The van der Waals surface area contributed by atoms with E-state index in [1.807, 2.05) is 30.3 Å². The van der Waals surface area contributed by atoms with Gasteiger partial charge in [0, 0.05) is 5.56 Å². The molecule has 0 fully saturated rings. The molecule has 0 saturated heterocycles. The number of sulfone groups is 1. The molecular weight excluding hydrogens is 263 g/mol. The first kappa shape index (κ1) is 13.7. The van der Waals surface area contributed by atoms with E-state index in [0.29, 0.717) is 6.42 Å². The van der Waals surface area contributed by atoms with Crippen LogP contribution in [-0.2, 0) is 22.0 Å². The lowest BCUT2D eigenvalue weighted by atomic mass is 10.2. The Morgan fingerprint density at radius 1 is 0.895 bits per heavy atom. The highest BCUT2D eigenvalue weighted by molar-refractivity contribution is 7.90. The van der Waals surface area contributed by atoms with Crippen molar-refractivity contribution in [3.63, 3.8) is 0 Å². The van der Waals surface area contributed by atoms with Gasteiger partial charge in [0.2, 0.25) is 0 Å². The van der Waals surface area contributed by atoms with E-state index in [1.165, 1.54) is 12.1 Å². The summed E-state index contributed by atoms with van der Waals surface area (Å²) in [6, 6.07) is 15.4. The molecule has 2 nitrogen and oxygen atoms in total. The lowest BCUT2D eigenvalue weighted by Crippen LogP contribution is -2.12. The molecule has 0 unspecified atom stereocenters. The number of halogens is 1. The van der Waals surface area contributed by atoms with Crippen molar-refractivity contribution in [3.8, 4) is 0 Å². The van der Waals surface area contributed by atoms with E-state index in [9.17, 15) is 12.8 Å². The summed E-state index contributed by atoms with van der Waals surface area (Å²) in [4.78, 5) is 0. The SMILES string of the molecule is O=S(=O)(CCc1ccccc1)Cc1ccccc1F. The minimum Gasteiger partial charge on any atom is -0.228 e. The molecule has 19 heavy (non-hydrogen) atoms. The first-order valence-corrected chi connectivity index (χ1v) is 7.87. The number of rotatable bonds is 5. The number of aryl methyl sites for hydroxylation is 1. The quantitative estimate of drug-likeness (QED) is 0.842. The molecular formula is C15H15FO2S. The molecule has 0 radical (unpaired) electrons. The van der Waals surface area contributed by atoms with Crippen LogP contribution in [0.25, 0.3) is 0 Å². The Hall–Kier alpha value is -1.68. The van der Waals surface area contributed by atoms with Crippen LogP contribution in [0.15, 0.2) is 54.6 Å². The number of hydrogen-bond acceptors (Lipinski definition) is 2. The molecule has 0 N–H and O–H groups in total. The zero-order chi connectivity index (χ0) is 13.7. The molecule has 0 atom stereocenters. The molecule has 0 heterocycles. The Labute approximate surface area is 112 Å². The second-order valence-corrected chi connectivity index (χ2v) is 6.60. The summed E-state index contributed by atoms with van der Waals surface area (Å²) in [6.45, 7) is 0. The fourth-order valence-electron chi connectivity index (χ4n) is 1.84. The minimum absolute atomic E-state index is 0.0331. The van der Waals surface area contributed by atoms with Gasteiger partial charge in [-0.1, -0.05) is 48.5 Å². The number of hydrogen-bond donors (Lipinski definition) is 0. The third kappa shape index (κ3) is 4.17. The summed E-state index contributed by atoms with van der Waals surface area (Å²) < 4.78 is 37.3. The van der Waals surface area contributed by atoms with Gasteiger partial charge in [0.05, 0.1) is 11.5 Å². The molecule has 100 valence electrons. The van der Waals surface area contributed by atoms with Crippen molar-refractivity contribution in [2.24, 2.45) is 0 Å². The summed E-state index contributed by atoms with van der Waals surface area (Å²) in [5.74, 6) is -0.677. The van der Waals surface area contributed by atoms with Crippen molar-refractivity contribution < 1.29 is 12.8 Å². The summed E-state index contributed by atoms with van der Waals surface area (Å²) >= 11 is 0. The molecule has 0 aromatic heterocycles. The van der Waals surface area contributed by atoms with Crippen molar-refractivity contribution in [2.75, 3.05) is 5.75 Å². The van der Waals surface area contributed by atoms with Crippen molar-refractivity contribution in [1.29, 1.82) is 0 Å². The zero-order valence-corrected chi connectivity index (χ0v) is 11.2. The van der Waals surface area contributed by atoms with Gasteiger partial charge in [0.15, 0.2) is 9.84 Å². The highest BCUT2D eigenvalue weighted by Gasteiger charge is 2.14. The van der Waals surface area contributed by atoms with E-state index in [0.717, 1.165) is 5.56 Å². The Morgan fingerprint density at radius 2 is 1.53 bits per heavy atom. The highest BCUT2D eigenvalue weighted by atomic mass is 32.2. The van der Waals surface area contributed by atoms with Crippen LogP contribution in [0.2, 0.25) is 0 Å². The van der Waals surface area contributed by atoms with Crippen molar-refractivity contribution in [2.45, 2.75) is 12.2 Å². The first-order valence-electron chi connectivity index (χ1n) is 6.04. The van der Waals surface area contributed by atoms with Crippen molar-refractivity contribution >= 4 is 9.84 Å². The largest absolute Gasteiger partial charge is 0.228 e. The molecule has 4 heteroatoms. The second-order valence-electron chi connectivity index (χ2n) is 4.42. The Balaban J connectivity index is 2.02. The first-order chi connectivity index (χ1) is 9.07. The van der Waals surface area contributed by atoms with Gasteiger partial charge in [-0.15, -0.1) is 0 Å². The minimum atomic E-state index is -3.30. The smallest absolute Gasteiger partial charge is 0.154 e. The predicted molar refractivity (Wildman–Crippen MR) is 74.0 cm³/mol. The summed E-state index contributed by atoms with van der Waals surface area (Å²) in [7, 11) is -3.30. The summed E-state index contributed by atoms with van der Waals surface area (Å²) in [5, 5.41) is 0.